The van der Waals surface area contributed by atoms with Gasteiger partial charge in [0.2, 0.25) is 11.8 Å². The number of hydrogen-bond acceptors (Lipinski definition) is 8. The molecule has 4 aromatic rings. The van der Waals surface area contributed by atoms with E-state index in [1.165, 1.54) is 18.9 Å². The first-order chi connectivity index (χ1) is 27.3. The largest absolute Gasteiger partial charge is 0.378 e. The highest BCUT2D eigenvalue weighted by molar-refractivity contribution is 6.09. The molecule has 12 nitrogen and oxygen atoms in total. The molecule has 3 amide bonds. The number of benzene rings is 2. The number of nitrogens with zero attached hydrogens (tertiary/aromatic N) is 6. The molecule has 2 aromatic carbocycles. The average Bonchev–Trinajstić information content (AvgIpc) is 3.76. The SMILES string of the molecule is CC(=O)N1CCC2(CC1)C(=O)N(C1CC(N3C4CCC3COC4)C1)c1cc(-c3cc4ncn(C(C)C)c4c(Nc4cc(C(=O)NC(C)C)c(C)cc4F)n3)ccc12. The maximum Gasteiger partial charge on any atom is 0.251 e. The Balaban J connectivity index is 1.10. The van der Waals surface area contributed by atoms with Gasteiger partial charge in [0, 0.05) is 73.1 Å². The number of imidazole rings is 1. The molecule has 1 saturated carbocycles. The minimum absolute atomic E-state index is 0.0380. The van der Waals surface area contributed by atoms with Crippen molar-refractivity contribution < 1.29 is 23.5 Å². The maximum absolute atomic E-state index is 15.7. The van der Waals surface area contributed by atoms with E-state index in [1.807, 2.05) is 35.4 Å². The number of pyridine rings is 1. The van der Waals surface area contributed by atoms with E-state index in [9.17, 15) is 14.4 Å². The van der Waals surface area contributed by atoms with Crippen LogP contribution in [0.3, 0.4) is 0 Å². The van der Waals surface area contributed by atoms with Gasteiger partial charge in [-0.2, -0.15) is 0 Å². The average molecular weight is 777 g/mol. The number of piperidine rings is 1. The van der Waals surface area contributed by atoms with Gasteiger partial charge in [-0.1, -0.05) is 12.1 Å². The maximum atomic E-state index is 15.7. The van der Waals surface area contributed by atoms with E-state index >= 15 is 4.39 Å². The normalized spacial score (nSPS) is 24.1. The molecule has 2 N–H and O–H groups in total. The topological polar surface area (TPSA) is 125 Å². The number of carbonyl (C=O) groups is 3. The lowest BCUT2D eigenvalue weighted by molar-refractivity contribution is -0.134. The number of aryl methyl sites for hydroxylation is 1. The van der Waals surface area contributed by atoms with Crippen molar-refractivity contribution in [1.29, 1.82) is 0 Å². The number of fused-ring (bicyclic) bond motifs is 5. The number of amides is 3. The van der Waals surface area contributed by atoms with E-state index in [-0.39, 0.29) is 41.5 Å². The minimum atomic E-state index is -0.689. The fourth-order valence-corrected chi connectivity index (χ4v) is 10.2. The number of rotatable bonds is 8. The van der Waals surface area contributed by atoms with Crippen molar-refractivity contribution in [2.24, 2.45) is 0 Å². The summed E-state index contributed by atoms with van der Waals surface area (Å²) in [6, 6.07) is 12.5. The van der Waals surface area contributed by atoms with Gasteiger partial charge in [0.1, 0.15) is 11.3 Å². The van der Waals surface area contributed by atoms with Crippen LogP contribution in [0.15, 0.2) is 42.7 Å². The Labute approximate surface area is 333 Å². The van der Waals surface area contributed by atoms with Crippen molar-refractivity contribution in [2.75, 3.05) is 36.5 Å². The Morgan fingerprint density at radius 3 is 2.35 bits per heavy atom. The fourth-order valence-electron chi connectivity index (χ4n) is 10.2. The lowest BCUT2D eigenvalue weighted by atomic mass is 9.73. The molecule has 1 spiro atoms. The number of anilines is 3. The number of hydrogen-bond donors (Lipinski definition) is 2. The molecule has 4 aliphatic heterocycles. The standard InChI is InChI=1S/C44H53FN8O4/c1-24(2)47-42(55)33-19-37(35(45)15-26(33)5)49-41-40-38(46-23-51(40)25(3)4)20-36(48-41)28-7-10-34-39(16-28)53(43(56)44(34)11-13-50(14-12-44)27(6)54)32-17-31(18-32)52-29-8-9-30(52)22-57-21-29/h7,10,15-16,19-20,23-25,29-32H,8-9,11-14,17-18,21-22H2,1-6H3,(H,47,55)(H,48,49). The number of morpholine rings is 1. The van der Waals surface area contributed by atoms with E-state index < -0.39 is 11.2 Å². The Morgan fingerprint density at radius 1 is 0.965 bits per heavy atom. The van der Waals surface area contributed by atoms with Gasteiger partial charge in [-0.05, 0) is 109 Å². The second-order valence-corrected chi connectivity index (χ2v) is 17.5. The van der Waals surface area contributed by atoms with Crippen LogP contribution in [0.4, 0.5) is 21.6 Å². The summed E-state index contributed by atoms with van der Waals surface area (Å²) in [4.78, 5) is 56.9. The molecule has 2 unspecified atom stereocenters. The molecule has 57 heavy (non-hydrogen) atoms. The summed E-state index contributed by atoms with van der Waals surface area (Å²) in [5.74, 6) is -0.186. The highest BCUT2D eigenvalue weighted by Gasteiger charge is 2.57. The first kappa shape index (κ1) is 37.7. The molecule has 6 heterocycles. The number of halogens is 1. The number of nitrogens with one attached hydrogen (secondary N) is 2. The molecule has 5 aliphatic rings. The summed E-state index contributed by atoms with van der Waals surface area (Å²) in [5, 5.41) is 6.17. The Kier molecular flexibility index (Phi) is 9.38. The molecule has 1 aliphatic carbocycles. The lowest BCUT2D eigenvalue weighted by Crippen LogP contribution is -2.61. The molecule has 0 radical (unpaired) electrons. The van der Waals surface area contributed by atoms with Gasteiger partial charge < -0.3 is 29.7 Å². The summed E-state index contributed by atoms with van der Waals surface area (Å²) < 4.78 is 23.6. The van der Waals surface area contributed by atoms with Gasteiger partial charge in [-0.3, -0.25) is 19.3 Å². The second-order valence-electron chi connectivity index (χ2n) is 17.5. The van der Waals surface area contributed by atoms with Crippen LogP contribution in [0.2, 0.25) is 0 Å². The van der Waals surface area contributed by atoms with Gasteiger partial charge in [-0.15, -0.1) is 0 Å². The van der Waals surface area contributed by atoms with Crippen LogP contribution in [0, 0.1) is 12.7 Å². The second kappa shape index (κ2) is 14.2. The molecular weight excluding hydrogens is 724 g/mol. The quantitative estimate of drug-likeness (QED) is 0.205. The number of carbonyl (C=O) groups excluding carboxylic acids is 3. The van der Waals surface area contributed by atoms with E-state index in [2.05, 4.69) is 46.4 Å². The van der Waals surface area contributed by atoms with Crippen LogP contribution < -0.4 is 15.5 Å². The van der Waals surface area contributed by atoms with Crippen LogP contribution in [0.25, 0.3) is 22.3 Å². The molecule has 9 rings (SSSR count). The van der Waals surface area contributed by atoms with Crippen molar-refractivity contribution in [1.82, 2.24) is 29.7 Å². The molecule has 2 bridgehead atoms. The number of likely N-dealkylation sites (tertiary alicyclic amines) is 1. The monoisotopic (exact) mass is 776 g/mol. The van der Waals surface area contributed by atoms with Crippen LogP contribution in [0.5, 0.6) is 0 Å². The zero-order chi connectivity index (χ0) is 39.9. The first-order valence-corrected chi connectivity index (χ1v) is 20.7. The van der Waals surface area contributed by atoms with Gasteiger partial charge in [-0.25, -0.2) is 14.4 Å². The van der Waals surface area contributed by atoms with E-state index in [0.29, 0.717) is 77.7 Å². The summed E-state index contributed by atoms with van der Waals surface area (Å²) in [6.45, 7) is 13.9. The van der Waals surface area contributed by atoms with Crippen LogP contribution >= 0.6 is 0 Å². The lowest BCUT2D eigenvalue weighted by Gasteiger charge is -2.50. The summed E-state index contributed by atoms with van der Waals surface area (Å²) >= 11 is 0. The van der Waals surface area contributed by atoms with E-state index in [4.69, 9.17) is 14.7 Å². The Bertz CT molecular complexity index is 2260. The summed E-state index contributed by atoms with van der Waals surface area (Å²) in [5.41, 5.74) is 5.14. The smallest absolute Gasteiger partial charge is 0.251 e. The predicted octanol–water partition coefficient (Wildman–Crippen LogP) is 6.63. The third-order valence-corrected chi connectivity index (χ3v) is 13.3. The highest BCUT2D eigenvalue weighted by atomic mass is 19.1. The van der Waals surface area contributed by atoms with Gasteiger partial charge >= 0.3 is 0 Å². The van der Waals surface area contributed by atoms with E-state index in [1.54, 1.807) is 26.2 Å². The molecule has 3 saturated heterocycles. The van der Waals surface area contributed by atoms with Gasteiger partial charge in [0.05, 0.1) is 41.9 Å². The number of aromatic nitrogens is 3. The van der Waals surface area contributed by atoms with Crippen molar-refractivity contribution in [3.05, 3.63) is 65.2 Å². The van der Waals surface area contributed by atoms with Gasteiger partial charge in [0.25, 0.3) is 5.91 Å². The molecule has 13 heteroatoms. The number of ether oxygens (including phenoxy) is 1. The van der Waals surface area contributed by atoms with Crippen molar-refractivity contribution >= 4 is 45.9 Å². The van der Waals surface area contributed by atoms with Crippen molar-refractivity contribution in [2.45, 2.75) is 122 Å². The zero-order valence-corrected chi connectivity index (χ0v) is 33.8. The molecular formula is C44H53FN8O4. The molecule has 2 aromatic heterocycles. The van der Waals surface area contributed by atoms with Crippen molar-refractivity contribution in [3.8, 4) is 11.3 Å². The minimum Gasteiger partial charge on any atom is -0.378 e. The van der Waals surface area contributed by atoms with Crippen LogP contribution in [-0.4, -0.2) is 98.6 Å². The van der Waals surface area contributed by atoms with Crippen LogP contribution in [-0.2, 0) is 19.7 Å². The molecule has 4 fully saturated rings. The van der Waals surface area contributed by atoms with Crippen LogP contribution in [0.1, 0.15) is 101 Å². The first-order valence-electron chi connectivity index (χ1n) is 20.7. The van der Waals surface area contributed by atoms with Crippen molar-refractivity contribution in [3.63, 3.8) is 0 Å². The summed E-state index contributed by atoms with van der Waals surface area (Å²) in [6.07, 6.45) is 7.12. The third kappa shape index (κ3) is 6.28. The summed E-state index contributed by atoms with van der Waals surface area (Å²) in [7, 11) is 0. The zero-order valence-electron chi connectivity index (χ0n) is 33.8. The Hall–Kier alpha value is -4.88. The highest BCUT2D eigenvalue weighted by Crippen LogP contribution is 2.53. The molecule has 2 atom stereocenters. The van der Waals surface area contributed by atoms with E-state index in [0.717, 1.165) is 42.9 Å². The van der Waals surface area contributed by atoms with Gasteiger partial charge in [0.15, 0.2) is 5.82 Å². The molecule has 300 valence electrons. The Morgan fingerprint density at radius 2 is 1.68 bits per heavy atom. The third-order valence-electron chi connectivity index (χ3n) is 13.3. The predicted molar refractivity (Wildman–Crippen MR) is 217 cm³/mol. The fraction of sp³-hybridized carbons (Fsp3) is 0.523.